The van der Waals surface area contributed by atoms with E-state index in [2.05, 4.69) is 66.6 Å². The van der Waals surface area contributed by atoms with Gasteiger partial charge in [0.15, 0.2) is 0 Å². The molecular weight excluding hydrogens is 639 g/mol. The molecule has 3 saturated carbocycles. The molecule has 4 aliphatic carbocycles. The third-order valence-corrected chi connectivity index (χ3v) is 15.0. The molecule has 9 atom stereocenters. The van der Waals surface area contributed by atoms with Crippen LogP contribution in [-0.4, -0.2) is 64.2 Å². The van der Waals surface area contributed by atoms with Crippen molar-refractivity contribution < 1.29 is 14.2 Å². The predicted molar refractivity (Wildman–Crippen MR) is 223 cm³/mol. The third-order valence-electron chi connectivity index (χ3n) is 15.0. The van der Waals surface area contributed by atoms with E-state index >= 15 is 0 Å². The van der Waals surface area contributed by atoms with Crippen LogP contribution in [0.5, 0.6) is 0 Å². The summed E-state index contributed by atoms with van der Waals surface area (Å²) in [5.74, 6) is 5.50. The minimum atomic E-state index is 0.187. The summed E-state index contributed by atoms with van der Waals surface area (Å²) in [7, 11) is 4.26. The van der Waals surface area contributed by atoms with Gasteiger partial charge in [0, 0.05) is 26.4 Å². The zero-order chi connectivity index (χ0) is 37.4. The number of allylic oxidation sites excluding steroid dienone is 1. The van der Waals surface area contributed by atoms with E-state index in [9.17, 15) is 0 Å². The Labute approximate surface area is 324 Å². The van der Waals surface area contributed by atoms with E-state index < -0.39 is 0 Å². The quantitative estimate of drug-likeness (QED) is 0.0623. The fourth-order valence-corrected chi connectivity index (χ4v) is 12.0. The van der Waals surface area contributed by atoms with Gasteiger partial charge < -0.3 is 19.1 Å². The van der Waals surface area contributed by atoms with E-state index in [-0.39, 0.29) is 6.10 Å². The maximum absolute atomic E-state index is 6.58. The Bertz CT molecular complexity index is 994. The monoisotopic (exact) mass is 728 g/mol. The first kappa shape index (κ1) is 44.3. The molecule has 0 unspecified atom stereocenters. The van der Waals surface area contributed by atoms with Crippen molar-refractivity contribution in [2.24, 2.45) is 46.3 Å². The minimum absolute atomic E-state index is 0.187. The van der Waals surface area contributed by atoms with Crippen molar-refractivity contribution in [3.63, 3.8) is 0 Å². The Morgan fingerprint density at radius 3 is 2.15 bits per heavy atom. The fraction of sp³-hybridized carbons (Fsp3) is 0.958. The average Bonchev–Trinajstić information content (AvgIpc) is 3.47. The van der Waals surface area contributed by atoms with Gasteiger partial charge in [0.25, 0.3) is 0 Å². The Morgan fingerprint density at radius 2 is 1.44 bits per heavy atom. The largest absolute Gasteiger partial charge is 0.379 e. The number of rotatable bonds is 27. The van der Waals surface area contributed by atoms with E-state index in [4.69, 9.17) is 14.2 Å². The standard InChI is InChI=1S/C48H89NO3/c1-9-10-11-12-15-18-32-50-37-42(36-49(7)8)52-34-20-17-14-13-16-19-33-51-41-28-30-47(5)40(35-41)24-25-43-45-27-26-44(39(4)23-21-22-38(2)3)48(45,6)31-29-46(43)47/h24,38-39,41-46H,9-23,25-37H2,1-8H3/t39-,41+,42-,43+,44-,45+,46+,47+,48-/m1/s1. The summed E-state index contributed by atoms with van der Waals surface area (Å²) >= 11 is 0. The van der Waals surface area contributed by atoms with Crippen LogP contribution >= 0.6 is 0 Å². The SMILES string of the molecule is CCCCCCCCOC[C@@H](CN(C)C)OCCCCCCCCO[C@H]1CC[C@@]2(C)C(=CC[C@H]3[C@@H]4CC[C@H]([C@H](C)CCCC(C)C)[C@@]4(C)CC[C@@H]32)C1. The van der Waals surface area contributed by atoms with Crippen LogP contribution in [0.3, 0.4) is 0 Å². The second-order valence-corrected chi connectivity index (χ2v) is 19.7. The van der Waals surface area contributed by atoms with Crippen LogP contribution < -0.4 is 0 Å². The molecule has 0 amide bonds. The Morgan fingerprint density at radius 1 is 0.750 bits per heavy atom. The normalized spacial score (nSPS) is 31.3. The maximum atomic E-state index is 6.58. The van der Waals surface area contributed by atoms with Crippen LogP contribution in [0.15, 0.2) is 11.6 Å². The Kier molecular flexibility index (Phi) is 19.6. The highest BCUT2D eigenvalue weighted by molar-refractivity contribution is 5.25. The van der Waals surface area contributed by atoms with Gasteiger partial charge in [-0.2, -0.15) is 0 Å². The zero-order valence-electron chi connectivity index (χ0n) is 36.2. The molecule has 4 nitrogen and oxygen atoms in total. The molecule has 4 heteroatoms. The number of hydrogen-bond donors (Lipinski definition) is 0. The molecule has 0 saturated heterocycles. The second-order valence-electron chi connectivity index (χ2n) is 19.7. The maximum Gasteiger partial charge on any atom is 0.0934 e. The van der Waals surface area contributed by atoms with E-state index in [1.165, 1.54) is 141 Å². The van der Waals surface area contributed by atoms with E-state index in [0.717, 1.165) is 74.9 Å². The molecule has 304 valence electrons. The predicted octanol–water partition coefficient (Wildman–Crippen LogP) is 13.1. The van der Waals surface area contributed by atoms with E-state index in [0.29, 0.717) is 16.9 Å². The number of hydrogen-bond acceptors (Lipinski definition) is 4. The number of unbranched alkanes of at least 4 members (excludes halogenated alkanes) is 10. The molecule has 0 spiro atoms. The summed E-state index contributed by atoms with van der Waals surface area (Å²) in [6.07, 6.45) is 34.3. The highest BCUT2D eigenvalue weighted by Crippen LogP contribution is 2.67. The lowest BCUT2D eigenvalue weighted by molar-refractivity contribution is -0.0641. The van der Waals surface area contributed by atoms with Gasteiger partial charge in [0.1, 0.15) is 0 Å². The second kappa shape index (κ2) is 23.0. The van der Waals surface area contributed by atoms with Gasteiger partial charge in [-0.1, -0.05) is 130 Å². The summed E-state index contributed by atoms with van der Waals surface area (Å²) < 4.78 is 18.8. The summed E-state index contributed by atoms with van der Waals surface area (Å²) in [5.41, 5.74) is 2.80. The summed E-state index contributed by atoms with van der Waals surface area (Å²) in [6, 6.07) is 0. The van der Waals surface area contributed by atoms with Crippen LogP contribution in [0.4, 0.5) is 0 Å². The first-order valence-electron chi connectivity index (χ1n) is 23.2. The fourth-order valence-electron chi connectivity index (χ4n) is 12.0. The summed E-state index contributed by atoms with van der Waals surface area (Å²) in [5, 5.41) is 0. The number of ether oxygens (including phenoxy) is 3. The van der Waals surface area contributed by atoms with Crippen molar-refractivity contribution in [1.29, 1.82) is 0 Å². The van der Waals surface area contributed by atoms with Crippen LogP contribution in [0.2, 0.25) is 0 Å². The van der Waals surface area contributed by atoms with E-state index in [1.807, 2.05) is 0 Å². The molecule has 0 aliphatic heterocycles. The van der Waals surface area contributed by atoms with Gasteiger partial charge in [0.2, 0.25) is 0 Å². The van der Waals surface area contributed by atoms with Crippen molar-refractivity contribution in [3.8, 4) is 0 Å². The zero-order valence-corrected chi connectivity index (χ0v) is 36.2. The van der Waals surface area contributed by atoms with Crippen LogP contribution in [0.25, 0.3) is 0 Å². The van der Waals surface area contributed by atoms with Crippen molar-refractivity contribution in [3.05, 3.63) is 11.6 Å². The molecule has 52 heavy (non-hydrogen) atoms. The minimum Gasteiger partial charge on any atom is -0.379 e. The van der Waals surface area contributed by atoms with Crippen molar-refractivity contribution in [2.45, 2.75) is 201 Å². The van der Waals surface area contributed by atoms with Crippen LogP contribution in [0.1, 0.15) is 189 Å². The third kappa shape index (κ3) is 13.1. The first-order valence-corrected chi connectivity index (χ1v) is 23.2. The summed E-state index contributed by atoms with van der Waals surface area (Å²) in [6.45, 7) is 19.4. The molecule has 0 bridgehead atoms. The first-order chi connectivity index (χ1) is 25.1. The molecule has 0 heterocycles. The molecule has 3 fully saturated rings. The van der Waals surface area contributed by atoms with Crippen LogP contribution in [-0.2, 0) is 14.2 Å². The van der Waals surface area contributed by atoms with Gasteiger partial charge in [-0.15, -0.1) is 0 Å². The topological polar surface area (TPSA) is 30.9 Å². The highest BCUT2D eigenvalue weighted by Gasteiger charge is 2.59. The molecule has 0 aromatic rings. The number of fused-ring (bicyclic) bond motifs is 5. The molecule has 0 aromatic heterocycles. The lowest BCUT2D eigenvalue weighted by Gasteiger charge is -2.58. The molecule has 0 radical (unpaired) electrons. The van der Waals surface area contributed by atoms with Crippen molar-refractivity contribution in [2.75, 3.05) is 47.1 Å². The molecule has 0 N–H and O–H groups in total. The highest BCUT2D eigenvalue weighted by atomic mass is 16.5. The van der Waals surface area contributed by atoms with E-state index in [1.54, 1.807) is 5.57 Å². The number of nitrogens with zero attached hydrogens (tertiary/aromatic N) is 1. The Balaban J connectivity index is 1.07. The van der Waals surface area contributed by atoms with Gasteiger partial charge in [0.05, 0.1) is 18.8 Å². The summed E-state index contributed by atoms with van der Waals surface area (Å²) in [4.78, 5) is 2.22. The smallest absolute Gasteiger partial charge is 0.0934 e. The van der Waals surface area contributed by atoms with Gasteiger partial charge in [-0.05, 0) is 131 Å². The van der Waals surface area contributed by atoms with Crippen molar-refractivity contribution >= 4 is 0 Å². The lowest BCUT2D eigenvalue weighted by atomic mass is 9.47. The average molecular weight is 728 g/mol. The van der Waals surface area contributed by atoms with Gasteiger partial charge in [-0.3, -0.25) is 0 Å². The van der Waals surface area contributed by atoms with Gasteiger partial charge >= 0.3 is 0 Å². The van der Waals surface area contributed by atoms with Crippen molar-refractivity contribution in [1.82, 2.24) is 4.90 Å². The molecule has 0 aromatic carbocycles. The lowest BCUT2D eigenvalue weighted by Crippen LogP contribution is -2.51. The number of likely N-dealkylation sites (N-methyl/N-ethyl adjacent to an activating group) is 1. The van der Waals surface area contributed by atoms with Crippen LogP contribution in [0, 0.1) is 46.3 Å². The molecular formula is C48H89NO3. The Hall–Kier alpha value is -0.420. The molecule has 4 aliphatic rings. The molecule has 4 rings (SSSR count). The van der Waals surface area contributed by atoms with Gasteiger partial charge in [-0.25, -0.2) is 0 Å².